The summed E-state index contributed by atoms with van der Waals surface area (Å²) in [5.74, 6) is 0.384. The van der Waals surface area contributed by atoms with Gasteiger partial charge < -0.3 is 10.4 Å². The highest BCUT2D eigenvalue weighted by atomic mass is 16.4. The molecular formula is C15H25NO3. The van der Waals surface area contributed by atoms with E-state index in [2.05, 4.69) is 5.32 Å². The van der Waals surface area contributed by atoms with E-state index in [0.29, 0.717) is 30.7 Å². The first kappa shape index (κ1) is 14.4. The van der Waals surface area contributed by atoms with Crippen LogP contribution in [0, 0.1) is 17.3 Å². The lowest BCUT2D eigenvalue weighted by molar-refractivity contribution is -0.152. The second kappa shape index (κ2) is 5.51. The molecule has 4 heteroatoms. The molecule has 0 radical (unpaired) electrons. The topological polar surface area (TPSA) is 66.4 Å². The molecule has 1 amide bonds. The number of carboxylic acid groups (broad SMARTS) is 1. The average molecular weight is 267 g/mol. The molecule has 0 aliphatic heterocycles. The van der Waals surface area contributed by atoms with Crippen LogP contribution in [0.25, 0.3) is 0 Å². The Morgan fingerprint density at radius 1 is 1.16 bits per heavy atom. The van der Waals surface area contributed by atoms with Gasteiger partial charge in [-0.3, -0.25) is 9.59 Å². The fourth-order valence-corrected chi connectivity index (χ4v) is 2.95. The van der Waals surface area contributed by atoms with E-state index in [-0.39, 0.29) is 12.3 Å². The van der Waals surface area contributed by atoms with Gasteiger partial charge in [0.15, 0.2) is 0 Å². The first-order valence-corrected chi connectivity index (χ1v) is 7.55. The summed E-state index contributed by atoms with van der Waals surface area (Å²) in [6.45, 7) is 3.70. The Kier molecular flexibility index (Phi) is 4.16. The number of aliphatic carboxylic acids is 1. The number of carboxylic acids is 1. The molecule has 0 heterocycles. The van der Waals surface area contributed by atoms with Gasteiger partial charge in [0, 0.05) is 12.5 Å². The maximum Gasteiger partial charge on any atom is 0.310 e. The number of hydrogen-bond acceptors (Lipinski definition) is 2. The fraction of sp³-hybridized carbons (Fsp3) is 0.867. The summed E-state index contributed by atoms with van der Waals surface area (Å²) in [4.78, 5) is 23.6. The molecule has 0 spiro atoms. The van der Waals surface area contributed by atoms with Crippen LogP contribution >= 0.6 is 0 Å². The normalized spacial score (nSPS) is 19.5. The molecule has 2 N–H and O–H groups in total. The molecular weight excluding hydrogens is 242 g/mol. The van der Waals surface area contributed by atoms with Crippen molar-refractivity contribution in [2.24, 2.45) is 17.3 Å². The van der Waals surface area contributed by atoms with E-state index in [0.717, 1.165) is 0 Å². The van der Waals surface area contributed by atoms with Crippen molar-refractivity contribution < 1.29 is 14.7 Å². The lowest BCUT2D eigenvalue weighted by Crippen LogP contribution is -2.42. The van der Waals surface area contributed by atoms with Crippen LogP contribution in [0.15, 0.2) is 0 Å². The van der Waals surface area contributed by atoms with Crippen LogP contribution in [0.1, 0.15) is 58.8 Å². The molecule has 2 aliphatic rings. The third-order valence-electron chi connectivity index (χ3n) is 4.89. The molecule has 19 heavy (non-hydrogen) atoms. The van der Waals surface area contributed by atoms with E-state index in [1.54, 1.807) is 0 Å². The first-order valence-electron chi connectivity index (χ1n) is 7.55. The molecule has 0 atom stereocenters. The van der Waals surface area contributed by atoms with Gasteiger partial charge in [-0.1, -0.05) is 13.8 Å². The van der Waals surface area contributed by atoms with Gasteiger partial charge in [0.25, 0.3) is 0 Å². The van der Waals surface area contributed by atoms with Crippen molar-refractivity contribution in [2.45, 2.75) is 64.8 Å². The summed E-state index contributed by atoms with van der Waals surface area (Å²) in [6, 6.07) is 0.313. The van der Waals surface area contributed by atoms with Gasteiger partial charge in [0.1, 0.15) is 0 Å². The molecule has 0 bridgehead atoms. The standard InChI is InChI=1S/C15H25NO3/c1-3-15(4-2,14(18)19)9-12(17)16-13(10-5-6-10)11-7-8-11/h10-11,13H,3-9H2,1-2H3,(H,16,17)(H,18,19). The second-order valence-corrected chi connectivity index (χ2v) is 6.24. The number of hydrogen-bond donors (Lipinski definition) is 2. The van der Waals surface area contributed by atoms with Crippen molar-refractivity contribution in [1.29, 1.82) is 0 Å². The molecule has 2 rings (SSSR count). The highest BCUT2D eigenvalue weighted by molar-refractivity contribution is 5.85. The van der Waals surface area contributed by atoms with Crippen molar-refractivity contribution in [3.05, 3.63) is 0 Å². The van der Waals surface area contributed by atoms with Gasteiger partial charge in [0.05, 0.1) is 5.41 Å². The number of carbonyl (C=O) groups is 2. The highest BCUT2D eigenvalue weighted by Crippen LogP contribution is 2.44. The lowest BCUT2D eigenvalue weighted by Gasteiger charge is -2.27. The van der Waals surface area contributed by atoms with E-state index in [4.69, 9.17) is 0 Å². The summed E-state index contributed by atoms with van der Waals surface area (Å²) in [6.07, 6.45) is 5.99. The zero-order valence-corrected chi connectivity index (χ0v) is 11.9. The third kappa shape index (κ3) is 3.28. The van der Waals surface area contributed by atoms with Crippen LogP contribution < -0.4 is 5.32 Å². The highest BCUT2D eigenvalue weighted by Gasteiger charge is 2.43. The van der Waals surface area contributed by atoms with Crippen LogP contribution in [-0.4, -0.2) is 23.0 Å². The largest absolute Gasteiger partial charge is 0.481 e. The third-order valence-corrected chi connectivity index (χ3v) is 4.89. The monoisotopic (exact) mass is 267 g/mol. The molecule has 0 saturated heterocycles. The van der Waals surface area contributed by atoms with E-state index >= 15 is 0 Å². The van der Waals surface area contributed by atoms with Gasteiger partial charge in [-0.15, -0.1) is 0 Å². The number of carbonyl (C=O) groups excluding carboxylic acids is 1. The Hall–Kier alpha value is -1.06. The van der Waals surface area contributed by atoms with Crippen molar-refractivity contribution in [1.82, 2.24) is 5.32 Å². The minimum atomic E-state index is -0.887. The maximum atomic E-state index is 12.2. The van der Waals surface area contributed by atoms with E-state index in [9.17, 15) is 14.7 Å². The van der Waals surface area contributed by atoms with Gasteiger partial charge >= 0.3 is 5.97 Å². The Labute approximate surface area is 115 Å². The summed E-state index contributed by atoms with van der Waals surface area (Å²) in [5, 5.41) is 12.5. The van der Waals surface area contributed by atoms with E-state index < -0.39 is 11.4 Å². The summed E-state index contributed by atoms with van der Waals surface area (Å²) in [5.41, 5.74) is -0.887. The predicted molar refractivity (Wildman–Crippen MR) is 72.6 cm³/mol. The van der Waals surface area contributed by atoms with Crippen LogP contribution in [-0.2, 0) is 9.59 Å². The number of nitrogens with one attached hydrogen (secondary N) is 1. The predicted octanol–water partition coefficient (Wildman–Crippen LogP) is 2.57. The van der Waals surface area contributed by atoms with E-state index in [1.165, 1.54) is 25.7 Å². The molecule has 4 nitrogen and oxygen atoms in total. The summed E-state index contributed by atoms with van der Waals surface area (Å²) < 4.78 is 0. The number of amides is 1. The Morgan fingerprint density at radius 3 is 1.95 bits per heavy atom. The minimum absolute atomic E-state index is 0.0742. The van der Waals surface area contributed by atoms with E-state index in [1.807, 2.05) is 13.8 Å². The Morgan fingerprint density at radius 2 is 1.63 bits per heavy atom. The SMILES string of the molecule is CCC(CC)(CC(=O)NC(C1CC1)C1CC1)C(=O)O. The van der Waals surface area contributed by atoms with Crippen LogP contribution in [0.5, 0.6) is 0 Å². The Balaban J connectivity index is 1.93. The molecule has 2 saturated carbocycles. The number of rotatable bonds is 8. The summed E-state index contributed by atoms with van der Waals surface area (Å²) in [7, 11) is 0. The van der Waals surface area contributed by atoms with Crippen LogP contribution in [0.2, 0.25) is 0 Å². The first-order chi connectivity index (χ1) is 9.02. The maximum absolute atomic E-state index is 12.2. The van der Waals surface area contributed by atoms with Crippen molar-refractivity contribution >= 4 is 11.9 Å². The van der Waals surface area contributed by atoms with Gasteiger partial charge in [-0.2, -0.15) is 0 Å². The zero-order chi connectivity index (χ0) is 14.0. The fourth-order valence-electron chi connectivity index (χ4n) is 2.95. The van der Waals surface area contributed by atoms with Crippen LogP contribution in [0.4, 0.5) is 0 Å². The average Bonchev–Trinajstić information content (AvgIpc) is 3.26. The zero-order valence-electron chi connectivity index (χ0n) is 11.9. The van der Waals surface area contributed by atoms with Crippen molar-refractivity contribution in [3.8, 4) is 0 Å². The molecule has 2 aliphatic carbocycles. The van der Waals surface area contributed by atoms with Crippen LogP contribution in [0.3, 0.4) is 0 Å². The molecule has 0 unspecified atom stereocenters. The van der Waals surface area contributed by atoms with Gasteiger partial charge in [0.2, 0.25) is 5.91 Å². The smallest absolute Gasteiger partial charge is 0.310 e. The van der Waals surface area contributed by atoms with Crippen molar-refractivity contribution in [2.75, 3.05) is 0 Å². The molecule has 0 aromatic heterocycles. The molecule has 0 aromatic carbocycles. The minimum Gasteiger partial charge on any atom is -0.481 e. The molecule has 2 fully saturated rings. The quantitative estimate of drug-likeness (QED) is 0.710. The summed E-state index contributed by atoms with van der Waals surface area (Å²) >= 11 is 0. The molecule has 0 aromatic rings. The Bertz CT molecular complexity index is 342. The molecule has 108 valence electrons. The van der Waals surface area contributed by atoms with Gasteiger partial charge in [-0.05, 0) is 50.4 Å². The second-order valence-electron chi connectivity index (χ2n) is 6.24. The lowest BCUT2D eigenvalue weighted by atomic mass is 9.79. The van der Waals surface area contributed by atoms with Gasteiger partial charge in [-0.25, -0.2) is 0 Å². The van der Waals surface area contributed by atoms with Crippen molar-refractivity contribution in [3.63, 3.8) is 0 Å².